The molecule has 0 saturated carbocycles. The minimum absolute atomic E-state index is 0.796. The van der Waals surface area contributed by atoms with Crippen molar-refractivity contribution in [2.24, 2.45) is 5.92 Å². The normalized spacial score (nSPS) is 16.8. The van der Waals surface area contributed by atoms with Crippen molar-refractivity contribution in [2.75, 3.05) is 34.3 Å². The Bertz CT molecular complexity index is 398. The SMILES string of the molecule is COc1ccc(CN(C)C)cc1CC1CCNCC1. The van der Waals surface area contributed by atoms with Crippen LogP contribution < -0.4 is 10.1 Å². The van der Waals surface area contributed by atoms with Crippen molar-refractivity contribution in [3.63, 3.8) is 0 Å². The van der Waals surface area contributed by atoms with Crippen molar-refractivity contribution in [1.82, 2.24) is 10.2 Å². The Morgan fingerprint density at radius 3 is 2.63 bits per heavy atom. The number of ether oxygens (including phenoxy) is 1. The molecule has 0 aromatic heterocycles. The van der Waals surface area contributed by atoms with Crippen LogP contribution in [0.4, 0.5) is 0 Å². The molecule has 1 aromatic rings. The van der Waals surface area contributed by atoms with Gasteiger partial charge in [-0.25, -0.2) is 0 Å². The van der Waals surface area contributed by atoms with Crippen molar-refractivity contribution in [1.29, 1.82) is 0 Å². The number of hydrogen-bond donors (Lipinski definition) is 1. The molecule has 3 nitrogen and oxygen atoms in total. The Morgan fingerprint density at radius 2 is 2.00 bits per heavy atom. The number of nitrogens with one attached hydrogen (secondary N) is 1. The van der Waals surface area contributed by atoms with Gasteiger partial charge in [0.05, 0.1) is 7.11 Å². The van der Waals surface area contributed by atoms with E-state index in [9.17, 15) is 0 Å². The molecule has 1 fully saturated rings. The van der Waals surface area contributed by atoms with Crippen LogP contribution in [-0.4, -0.2) is 39.2 Å². The van der Waals surface area contributed by atoms with Crippen LogP contribution >= 0.6 is 0 Å². The summed E-state index contributed by atoms with van der Waals surface area (Å²) in [5.41, 5.74) is 2.74. The molecule has 0 atom stereocenters. The number of benzene rings is 1. The lowest BCUT2D eigenvalue weighted by atomic mass is 9.90. The maximum atomic E-state index is 5.52. The highest BCUT2D eigenvalue weighted by Crippen LogP contribution is 2.26. The fourth-order valence-electron chi connectivity index (χ4n) is 2.85. The van der Waals surface area contributed by atoms with E-state index in [0.29, 0.717) is 0 Å². The largest absolute Gasteiger partial charge is 0.496 e. The average Bonchev–Trinajstić information content (AvgIpc) is 2.39. The number of rotatable bonds is 5. The van der Waals surface area contributed by atoms with Gasteiger partial charge in [-0.05, 0) is 69.6 Å². The second kappa shape index (κ2) is 6.92. The van der Waals surface area contributed by atoms with Crippen LogP contribution in [-0.2, 0) is 13.0 Å². The van der Waals surface area contributed by atoms with Gasteiger partial charge < -0.3 is 15.0 Å². The Kier molecular flexibility index (Phi) is 5.23. The molecule has 1 aliphatic rings. The summed E-state index contributed by atoms with van der Waals surface area (Å²) in [5.74, 6) is 1.84. The standard InChI is InChI=1S/C16H26N2O/c1-18(2)12-14-4-5-16(19-3)15(11-14)10-13-6-8-17-9-7-13/h4-5,11,13,17H,6-10,12H2,1-3H3. The van der Waals surface area contributed by atoms with Crippen LogP contribution in [0, 0.1) is 5.92 Å². The highest BCUT2D eigenvalue weighted by atomic mass is 16.5. The topological polar surface area (TPSA) is 24.5 Å². The van der Waals surface area contributed by atoms with Crippen molar-refractivity contribution in [2.45, 2.75) is 25.8 Å². The first-order valence-electron chi connectivity index (χ1n) is 7.20. The van der Waals surface area contributed by atoms with Crippen molar-refractivity contribution < 1.29 is 4.74 Å². The lowest BCUT2D eigenvalue weighted by Gasteiger charge is -2.23. The Balaban J connectivity index is 2.10. The monoisotopic (exact) mass is 262 g/mol. The Hall–Kier alpha value is -1.06. The number of methoxy groups -OCH3 is 1. The van der Waals surface area contributed by atoms with E-state index >= 15 is 0 Å². The van der Waals surface area contributed by atoms with Crippen LogP contribution in [0.25, 0.3) is 0 Å². The van der Waals surface area contributed by atoms with Crippen LogP contribution in [0.5, 0.6) is 5.75 Å². The van der Waals surface area contributed by atoms with Gasteiger partial charge in [0.25, 0.3) is 0 Å². The maximum Gasteiger partial charge on any atom is 0.122 e. The third-order valence-electron chi connectivity index (χ3n) is 3.81. The summed E-state index contributed by atoms with van der Waals surface area (Å²) in [6, 6.07) is 6.61. The minimum atomic E-state index is 0.796. The predicted octanol–water partition coefficient (Wildman–Crippen LogP) is 2.30. The fraction of sp³-hybridized carbons (Fsp3) is 0.625. The molecule has 106 valence electrons. The van der Waals surface area contributed by atoms with Gasteiger partial charge in [-0.2, -0.15) is 0 Å². The first kappa shape index (κ1) is 14.4. The molecular formula is C16H26N2O. The van der Waals surface area contributed by atoms with Crippen LogP contribution in [0.2, 0.25) is 0 Å². The summed E-state index contributed by atoms with van der Waals surface area (Å²) < 4.78 is 5.52. The summed E-state index contributed by atoms with van der Waals surface area (Å²) >= 11 is 0. The molecule has 0 aliphatic carbocycles. The highest BCUT2D eigenvalue weighted by molar-refractivity contribution is 5.37. The van der Waals surface area contributed by atoms with Crippen LogP contribution in [0.15, 0.2) is 18.2 Å². The molecule has 0 bridgehead atoms. The van der Waals surface area contributed by atoms with Gasteiger partial charge in [-0.3, -0.25) is 0 Å². The molecular weight excluding hydrogens is 236 g/mol. The lowest BCUT2D eigenvalue weighted by Crippen LogP contribution is -2.28. The molecule has 1 heterocycles. The van der Waals surface area contributed by atoms with Crippen molar-refractivity contribution in [3.8, 4) is 5.75 Å². The third kappa shape index (κ3) is 4.22. The number of hydrogen-bond acceptors (Lipinski definition) is 3. The Morgan fingerprint density at radius 1 is 1.26 bits per heavy atom. The molecule has 1 N–H and O–H groups in total. The number of nitrogens with zero attached hydrogens (tertiary/aromatic N) is 1. The Labute approximate surface area is 116 Å². The van der Waals surface area contributed by atoms with Gasteiger partial charge >= 0.3 is 0 Å². The quantitative estimate of drug-likeness (QED) is 0.881. The first-order valence-corrected chi connectivity index (χ1v) is 7.20. The summed E-state index contributed by atoms with van der Waals surface area (Å²) in [7, 11) is 5.99. The van der Waals surface area contributed by atoms with E-state index in [2.05, 4.69) is 42.5 Å². The molecule has 1 saturated heterocycles. The average molecular weight is 262 g/mol. The maximum absolute atomic E-state index is 5.52. The second-order valence-corrected chi connectivity index (χ2v) is 5.78. The van der Waals surface area contributed by atoms with E-state index in [1.54, 1.807) is 7.11 Å². The molecule has 2 rings (SSSR count). The van der Waals surface area contributed by atoms with Gasteiger partial charge in [0, 0.05) is 6.54 Å². The third-order valence-corrected chi connectivity index (χ3v) is 3.81. The molecule has 0 unspecified atom stereocenters. The fourth-order valence-corrected chi connectivity index (χ4v) is 2.85. The lowest BCUT2D eigenvalue weighted by molar-refractivity contribution is 0.360. The summed E-state index contributed by atoms with van der Waals surface area (Å²) in [6.45, 7) is 3.30. The van der Waals surface area contributed by atoms with E-state index < -0.39 is 0 Å². The molecule has 3 heteroatoms. The van der Waals surface area contributed by atoms with E-state index in [1.165, 1.54) is 24.0 Å². The molecule has 1 aromatic carbocycles. The molecule has 1 aliphatic heterocycles. The predicted molar refractivity (Wildman–Crippen MR) is 79.7 cm³/mol. The minimum Gasteiger partial charge on any atom is -0.496 e. The van der Waals surface area contributed by atoms with Gasteiger partial charge in [0.2, 0.25) is 0 Å². The van der Waals surface area contributed by atoms with Gasteiger partial charge in [-0.1, -0.05) is 12.1 Å². The zero-order valence-corrected chi connectivity index (χ0v) is 12.4. The van der Waals surface area contributed by atoms with Crippen molar-refractivity contribution >= 4 is 0 Å². The van der Waals surface area contributed by atoms with Gasteiger partial charge in [0.15, 0.2) is 0 Å². The van der Waals surface area contributed by atoms with Gasteiger partial charge in [-0.15, -0.1) is 0 Å². The summed E-state index contributed by atoms with van der Waals surface area (Å²) in [5, 5.41) is 3.43. The number of piperidine rings is 1. The van der Waals surface area contributed by atoms with Crippen molar-refractivity contribution in [3.05, 3.63) is 29.3 Å². The smallest absolute Gasteiger partial charge is 0.122 e. The van der Waals surface area contributed by atoms with Crippen LogP contribution in [0.3, 0.4) is 0 Å². The second-order valence-electron chi connectivity index (χ2n) is 5.78. The van der Waals surface area contributed by atoms with E-state index in [0.717, 1.165) is 37.7 Å². The zero-order valence-electron chi connectivity index (χ0n) is 12.4. The first-order chi connectivity index (χ1) is 9.19. The molecule has 0 spiro atoms. The summed E-state index contributed by atoms with van der Waals surface area (Å²) in [4.78, 5) is 2.20. The zero-order chi connectivity index (χ0) is 13.7. The highest BCUT2D eigenvalue weighted by Gasteiger charge is 2.16. The van der Waals surface area contributed by atoms with Gasteiger partial charge in [0.1, 0.15) is 5.75 Å². The van der Waals surface area contributed by atoms with E-state index in [4.69, 9.17) is 4.74 Å². The molecule has 19 heavy (non-hydrogen) atoms. The van der Waals surface area contributed by atoms with E-state index in [-0.39, 0.29) is 0 Å². The van der Waals surface area contributed by atoms with Crippen LogP contribution in [0.1, 0.15) is 24.0 Å². The summed E-state index contributed by atoms with van der Waals surface area (Å²) in [6.07, 6.45) is 3.70. The van der Waals surface area contributed by atoms with E-state index in [1.807, 2.05) is 0 Å². The molecule has 0 radical (unpaired) electrons. The molecule has 0 amide bonds.